The van der Waals surface area contributed by atoms with E-state index in [1.54, 1.807) is 12.4 Å². The summed E-state index contributed by atoms with van der Waals surface area (Å²) in [4.78, 5) is 15.6. The second-order valence-corrected chi connectivity index (χ2v) is 4.71. The monoisotopic (exact) mass is 343 g/mol. The Bertz CT molecular complexity index is 491. The number of carbonyl (C=O) groups is 1. The number of nitrogens with zero attached hydrogens (tertiary/aromatic N) is 2. The van der Waals surface area contributed by atoms with Crippen LogP contribution in [0.15, 0.2) is 45.9 Å². The van der Waals surface area contributed by atoms with Crippen molar-refractivity contribution >= 4 is 43.6 Å². The minimum absolute atomic E-state index is 0.259. The lowest BCUT2D eigenvalue weighted by molar-refractivity contribution is 0.253. The third kappa shape index (κ3) is 2.33. The van der Waals surface area contributed by atoms with Gasteiger partial charge in [0.25, 0.3) is 0 Å². The van der Waals surface area contributed by atoms with Crippen molar-refractivity contribution in [2.75, 3.05) is 5.32 Å². The molecule has 1 amide bonds. The maximum Gasteiger partial charge on any atom is 0.331 e. The van der Waals surface area contributed by atoms with Crippen molar-refractivity contribution in [3.63, 3.8) is 0 Å². The molecule has 0 saturated heterocycles. The van der Waals surface area contributed by atoms with Crippen molar-refractivity contribution in [2.45, 2.75) is 0 Å². The molecule has 0 unspecified atom stereocenters. The summed E-state index contributed by atoms with van der Waals surface area (Å²) in [7, 11) is 0. The molecule has 2 rings (SSSR count). The van der Waals surface area contributed by atoms with E-state index in [0.717, 1.165) is 8.95 Å². The molecule has 0 aliphatic carbocycles. The van der Waals surface area contributed by atoms with Crippen LogP contribution < -0.4 is 5.32 Å². The van der Waals surface area contributed by atoms with Crippen molar-refractivity contribution in [2.24, 2.45) is 0 Å². The molecule has 0 atom stereocenters. The Hall–Kier alpha value is -1.14. The fourth-order valence-electron chi connectivity index (χ4n) is 1.17. The van der Waals surface area contributed by atoms with Crippen LogP contribution in [0, 0.1) is 0 Å². The first-order chi connectivity index (χ1) is 7.68. The molecule has 16 heavy (non-hydrogen) atoms. The fraction of sp³-hybridized carbons (Fsp3) is 0. The van der Waals surface area contributed by atoms with Crippen molar-refractivity contribution < 1.29 is 4.79 Å². The van der Waals surface area contributed by atoms with Gasteiger partial charge in [-0.05, 0) is 44.0 Å². The van der Waals surface area contributed by atoms with Gasteiger partial charge in [0.05, 0.1) is 5.69 Å². The number of nitrogens with one attached hydrogen (secondary N) is 1. The highest BCUT2D eigenvalue weighted by Crippen LogP contribution is 2.30. The molecule has 0 saturated carbocycles. The van der Waals surface area contributed by atoms with Crippen LogP contribution in [0.25, 0.3) is 0 Å². The van der Waals surface area contributed by atoms with Crippen LogP contribution in [-0.4, -0.2) is 15.6 Å². The number of imidazole rings is 1. The first-order valence-electron chi connectivity index (χ1n) is 4.42. The van der Waals surface area contributed by atoms with Crippen molar-refractivity contribution in [1.29, 1.82) is 0 Å². The lowest BCUT2D eigenvalue weighted by atomic mass is 10.3. The SMILES string of the molecule is O=C(Nc1c(Br)cccc1Br)n1ccnc1. The van der Waals surface area contributed by atoms with Gasteiger partial charge in [0.1, 0.15) is 6.33 Å². The highest BCUT2D eigenvalue weighted by Gasteiger charge is 2.09. The number of carbonyl (C=O) groups excluding carboxylic acids is 1. The zero-order valence-corrected chi connectivity index (χ0v) is 11.2. The van der Waals surface area contributed by atoms with E-state index in [1.165, 1.54) is 10.9 Å². The zero-order valence-electron chi connectivity index (χ0n) is 8.02. The molecule has 2 aromatic rings. The topological polar surface area (TPSA) is 46.9 Å². The predicted molar refractivity (Wildman–Crippen MR) is 68.5 cm³/mol. The lowest BCUT2D eigenvalue weighted by Gasteiger charge is -2.09. The Morgan fingerprint density at radius 2 is 2.00 bits per heavy atom. The molecule has 0 aliphatic rings. The Kier molecular flexibility index (Phi) is 3.40. The highest BCUT2D eigenvalue weighted by molar-refractivity contribution is 9.11. The van der Waals surface area contributed by atoms with E-state index in [0.29, 0.717) is 5.69 Å². The van der Waals surface area contributed by atoms with Gasteiger partial charge in [0.2, 0.25) is 0 Å². The Balaban J connectivity index is 2.25. The number of amides is 1. The zero-order chi connectivity index (χ0) is 11.5. The molecule has 82 valence electrons. The number of para-hydroxylation sites is 1. The van der Waals surface area contributed by atoms with Crippen LogP contribution in [0.1, 0.15) is 0 Å². The molecule has 4 nitrogen and oxygen atoms in total. The number of benzene rings is 1. The first-order valence-corrected chi connectivity index (χ1v) is 6.00. The standard InChI is InChI=1S/C10H7Br2N3O/c11-7-2-1-3-8(12)9(7)14-10(16)15-5-4-13-6-15/h1-6H,(H,14,16). The molecule has 1 aromatic carbocycles. The summed E-state index contributed by atoms with van der Waals surface area (Å²) in [5.74, 6) is 0. The van der Waals surface area contributed by atoms with Crippen LogP contribution in [0.5, 0.6) is 0 Å². The number of hydrogen-bond donors (Lipinski definition) is 1. The predicted octanol–water partition coefficient (Wildman–Crippen LogP) is 3.49. The average molecular weight is 345 g/mol. The van der Waals surface area contributed by atoms with E-state index in [-0.39, 0.29) is 6.03 Å². The third-order valence-corrected chi connectivity index (χ3v) is 3.26. The lowest BCUT2D eigenvalue weighted by Crippen LogP contribution is -2.18. The Labute approximate surface area is 109 Å². The van der Waals surface area contributed by atoms with Gasteiger partial charge in [-0.3, -0.25) is 4.57 Å². The van der Waals surface area contributed by atoms with E-state index in [4.69, 9.17) is 0 Å². The van der Waals surface area contributed by atoms with Gasteiger partial charge < -0.3 is 5.32 Å². The fourth-order valence-corrected chi connectivity index (χ4v) is 2.36. The summed E-state index contributed by atoms with van der Waals surface area (Å²) in [5.41, 5.74) is 0.696. The van der Waals surface area contributed by atoms with Crippen LogP contribution in [0.3, 0.4) is 0 Å². The molecule has 1 N–H and O–H groups in total. The van der Waals surface area contributed by atoms with Crippen molar-refractivity contribution in [3.05, 3.63) is 45.9 Å². The molecule has 0 radical (unpaired) electrons. The van der Waals surface area contributed by atoms with E-state index < -0.39 is 0 Å². The van der Waals surface area contributed by atoms with E-state index in [2.05, 4.69) is 42.2 Å². The van der Waals surface area contributed by atoms with Gasteiger partial charge in [-0.2, -0.15) is 0 Å². The van der Waals surface area contributed by atoms with Gasteiger partial charge >= 0.3 is 6.03 Å². The van der Waals surface area contributed by atoms with Crippen LogP contribution in [0.2, 0.25) is 0 Å². The third-order valence-electron chi connectivity index (χ3n) is 1.93. The molecular weight excluding hydrogens is 338 g/mol. The Morgan fingerprint density at radius 1 is 1.31 bits per heavy atom. The summed E-state index contributed by atoms with van der Waals surface area (Å²) in [6, 6.07) is 5.33. The average Bonchev–Trinajstić information content (AvgIpc) is 2.76. The second kappa shape index (κ2) is 4.80. The number of rotatable bonds is 1. The van der Waals surface area contributed by atoms with Gasteiger partial charge in [-0.25, -0.2) is 9.78 Å². The minimum Gasteiger partial charge on any atom is -0.305 e. The normalized spacial score (nSPS) is 10.1. The number of aromatic nitrogens is 2. The summed E-state index contributed by atoms with van der Waals surface area (Å²) >= 11 is 6.74. The van der Waals surface area contributed by atoms with E-state index in [1.807, 2.05) is 18.2 Å². The summed E-state index contributed by atoms with van der Waals surface area (Å²) in [5, 5.41) is 2.77. The largest absolute Gasteiger partial charge is 0.331 e. The summed E-state index contributed by atoms with van der Waals surface area (Å²) in [6.07, 6.45) is 4.58. The summed E-state index contributed by atoms with van der Waals surface area (Å²) < 4.78 is 3.00. The number of anilines is 1. The first kappa shape index (κ1) is 11.3. The van der Waals surface area contributed by atoms with Crippen molar-refractivity contribution in [1.82, 2.24) is 9.55 Å². The van der Waals surface area contributed by atoms with Gasteiger partial charge in [0, 0.05) is 21.3 Å². The maximum absolute atomic E-state index is 11.7. The molecule has 6 heteroatoms. The van der Waals surface area contributed by atoms with Crippen LogP contribution in [0.4, 0.5) is 10.5 Å². The van der Waals surface area contributed by atoms with Gasteiger partial charge in [-0.15, -0.1) is 0 Å². The summed E-state index contributed by atoms with van der Waals surface area (Å²) in [6.45, 7) is 0. The highest BCUT2D eigenvalue weighted by atomic mass is 79.9. The van der Waals surface area contributed by atoms with Crippen molar-refractivity contribution in [3.8, 4) is 0 Å². The van der Waals surface area contributed by atoms with E-state index in [9.17, 15) is 4.79 Å². The van der Waals surface area contributed by atoms with Gasteiger partial charge in [-0.1, -0.05) is 6.07 Å². The molecular formula is C10H7Br2N3O. The number of hydrogen-bond acceptors (Lipinski definition) is 2. The van der Waals surface area contributed by atoms with Crippen LogP contribution in [-0.2, 0) is 0 Å². The van der Waals surface area contributed by atoms with E-state index >= 15 is 0 Å². The molecule has 0 bridgehead atoms. The Morgan fingerprint density at radius 3 is 2.56 bits per heavy atom. The quantitative estimate of drug-likeness (QED) is 0.860. The minimum atomic E-state index is -0.259. The van der Waals surface area contributed by atoms with Crippen LogP contribution >= 0.6 is 31.9 Å². The molecule has 0 spiro atoms. The second-order valence-electron chi connectivity index (χ2n) is 3.00. The molecule has 0 fully saturated rings. The molecule has 1 aromatic heterocycles. The smallest absolute Gasteiger partial charge is 0.305 e. The number of halogens is 2. The maximum atomic E-state index is 11.7. The molecule has 1 heterocycles. The molecule has 0 aliphatic heterocycles. The van der Waals surface area contributed by atoms with Gasteiger partial charge in [0.15, 0.2) is 0 Å².